The first kappa shape index (κ1) is 16.4. The number of nitrogen functional groups attached to an aromatic ring is 1. The van der Waals surface area contributed by atoms with Crippen LogP contribution in [0.3, 0.4) is 0 Å². The fraction of sp³-hybridized carbons (Fsp3) is 0.0588. The lowest BCUT2D eigenvalue weighted by atomic mass is 10.2. The van der Waals surface area contributed by atoms with Crippen molar-refractivity contribution in [3.05, 3.63) is 60.9 Å². The molecular weight excluding hydrogens is 344 g/mol. The van der Waals surface area contributed by atoms with E-state index in [1.54, 1.807) is 25.0 Å². The normalized spacial score (nSPS) is 10.5. The Labute approximate surface area is 153 Å². The molecule has 10 heteroatoms. The van der Waals surface area contributed by atoms with E-state index >= 15 is 0 Å². The molecule has 5 rings (SSSR count). The Hall–Kier alpha value is -4.08. The molecular formula is C17H16N10. The molecule has 1 aromatic carbocycles. The van der Waals surface area contributed by atoms with Crippen molar-refractivity contribution in [2.45, 2.75) is 6.54 Å². The summed E-state index contributed by atoms with van der Waals surface area (Å²) >= 11 is 0. The van der Waals surface area contributed by atoms with E-state index in [9.17, 15) is 0 Å². The third-order valence-electron chi connectivity index (χ3n) is 3.66. The molecule has 5 N–H and O–H groups in total. The van der Waals surface area contributed by atoms with Crippen molar-refractivity contribution in [1.82, 2.24) is 39.9 Å². The van der Waals surface area contributed by atoms with Crippen LogP contribution in [-0.2, 0) is 6.54 Å². The Morgan fingerprint density at radius 1 is 0.815 bits per heavy atom. The number of hydrogen-bond donors (Lipinski definition) is 4. The number of benzene rings is 1. The fourth-order valence-corrected chi connectivity index (χ4v) is 2.35. The number of H-pyrrole nitrogens is 2. The maximum atomic E-state index is 5.31. The zero-order valence-corrected chi connectivity index (χ0v) is 14.2. The molecule has 4 heterocycles. The zero-order chi connectivity index (χ0) is 18.5. The van der Waals surface area contributed by atoms with Crippen LogP contribution in [0.4, 0.5) is 11.9 Å². The van der Waals surface area contributed by atoms with Crippen LogP contribution >= 0.6 is 0 Å². The third-order valence-corrected chi connectivity index (χ3v) is 3.66. The zero-order valence-electron chi connectivity index (χ0n) is 14.2. The highest BCUT2D eigenvalue weighted by Crippen LogP contribution is 2.08. The number of nitrogens with one attached hydrogen (secondary N) is 3. The lowest BCUT2D eigenvalue weighted by Crippen LogP contribution is -2.03. The number of fused-ring (bicyclic) bond motifs is 2. The number of nitrogens with zero attached hydrogens (tertiary/aromatic N) is 6. The molecule has 134 valence electrons. The molecule has 0 fully saturated rings. The Morgan fingerprint density at radius 2 is 1.48 bits per heavy atom. The van der Waals surface area contributed by atoms with E-state index in [2.05, 4.69) is 57.3 Å². The number of imidazole rings is 2. The van der Waals surface area contributed by atoms with Gasteiger partial charge in [0.2, 0.25) is 11.9 Å². The van der Waals surface area contributed by atoms with Crippen LogP contribution < -0.4 is 11.1 Å². The Morgan fingerprint density at radius 3 is 2.22 bits per heavy atom. The van der Waals surface area contributed by atoms with Crippen molar-refractivity contribution in [1.29, 1.82) is 0 Å². The molecule has 0 saturated heterocycles. The van der Waals surface area contributed by atoms with Crippen LogP contribution in [0.1, 0.15) is 5.56 Å². The average molecular weight is 360 g/mol. The average Bonchev–Trinajstić information content (AvgIpc) is 3.36. The first-order valence-electron chi connectivity index (χ1n) is 8.13. The molecule has 0 spiro atoms. The minimum atomic E-state index is 0.250. The van der Waals surface area contributed by atoms with Crippen molar-refractivity contribution >= 4 is 34.2 Å². The second kappa shape index (κ2) is 7.44. The maximum Gasteiger partial charge on any atom is 0.225 e. The van der Waals surface area contributed by atoms with Gasteiger partial charge in [-0.2, -0.15) is 9.97 Å². The predicted octanol–water partition coefficient (Wildman–Crippen LogP) is 1.90. The van der Waals surface area contributed by atoms with Gasteiger partial charge in [-0.25, -0.2) is 19.9 Å². The maximum absolute atomic E-state index is 5.31. The van der Waals surface area contributed by atoms with Gasteiger partial charge in [0.05, 0.1) is 25.0 Å². The summed E-state index contributed by atoms with van der Waals surface area (Å²) in [5, 5.41) is 3.17. The molecule has 0 aliphatic carbocycles. The van der Waals surface area contributed by atoms with Crippen LogP contribution in [0.2, 0.25) is 0 Å². The Balaban J connectivity index is 0.000000153. The smallest absolute Gasteiger partial charge is 0.225 e. The van der Waals surface area contributed by atoms with Gasteiger partial charge in [0.25, 0.3) is 0 Å². The summed E-state index contributed by atoms with van der Waals surface area (Å²) in [5.41, 5.74) is 9.42. The second-order valence-corrected chi connectivity index (χ2v) is 5.54. The number of nitrogens with two attached hydrogens (primary N) is 1. The number of hydrogen-bond acceptors (Lipinski definition) is 8. The molecule has 0 aliphatic rings. The lowest BCUT2D eigenvalue weighted by Gasteiger charge is -2.03. The summed E-state index contributed by atoms with van der Waals surface area (Å²) in [5.74, 6) is 0.841. The molecule has 0 amide bonds. The summed E-state index contributed by atoms with van der Waals surface area (Å²) in [4.78, 5) is 29.9. The Kier molecular flexibility index (Phi) is 4.51. The fourth-order valence-electron chi connectivity index (χ4n) is 2.35. The van der Waals surface area contributed by atoms with Crippen molar-refractivity contribution in [3.63, 3.8) is 0 Å². The van der Waals surface area contributed by atoms with Gasteiger partial charge in [0, 0.05) is 6.54 Å². The number of aromatic nitrogens is 8. The van der Waals surface area contributed by atoms with Crippen molar-refractivity contribution in [2.24, 2.45) is 0 Å². The minimum Gasteiger partial charge on any atom is -0.368 e. The quantitative estimate of drug-likeness (QED) is 0.381. The summed E-state index contributed by atoms with van der Waals surface area (Å²) in [6, 6.07) is 10.1. The van der Waals surface area contributed by atoms with E-state index in [1.165, 1.54) is 5.56 Å². The van der Waals surface area contributed by atoms with Crippen LogP contribution in [0.15, 0.2) is 55.4 Å². The van der Waals surface area contributed by atoms with Gasteiger partial charge in [-0.3, -0.25) is 0 Å². The number of anilines is 2. The third kappa shape index (κ3) is 3.95. The van der Waals surface area contributed by atoms with Crippen molar-refractivity contribution < 1.29 is 0 Å². The molecule has 0 bridgehead atoms. The molecule has 0 atom stereocenters. The monoisotopic (exact) mass is 360 g/mol. The van der Waals surface area contributed by atoms with E-state index in [-0.39, 0.29) is 5.95 Å². The lowest BCUT2D eigenvalue weighted by molar-refractivity contribution is 1.07. The van der Waals surface area contributed by atoms with Gasteiger partial charge < -0.3 is 21.0 Å². The van der Waals surface area contributed by atoms with E-state index in [0.29, 0.717) is 23.8 Å². The molecule has 0 saturated carbocycles. The molecule has 0 unspecified atom stereocenters. The van der Waals surface area contributed by atoms with Gasteiger partial charge in [-0.15, -0.1) is 0 Å². The van der Waals surface area contributed by atoms with Crippen LogP contribution in [-0.4, -0.2) is 39.9 Å². The highest BCUT2D eigenvalue weighted by molar-refractivity contribution is 5.70. The molecule has 0 radical (unpaired) electrons. The topological polar surface area (TPSA) is 147 Å². The second-order valence-electron chi connectivity index (χ2n) is 5.54. The van der Waals surface area contributed by atoms with E-state index in [0.717, 1.165) is 11.0 Å². The SMILES string of the molecule is Nc1ncc2[nH]cnc2n1.c1ccc(CNc2ncc3[nH]cnc3n2)cc1. The van der Waals surface area contributed by atoms with Crippen LogP contribution in [0.25, 0.3) is 22.3 Å². The summed E-state index contributed by atoms with van der Waals surface area (Å²) in [6.07, 6.45) is 6.49. The molecule has 5 aromatic rings. The van der Waals surface area contributed by atoms with Gasteiger partial charge in [-0.1, -0.05) is 30.3 Å². The van der Waals surface area contributed by atoms with Crippen LogP contribution in [0, 0.1) is 0 Å². The van der Waals surface area contributed by atoms with Gasteiger partial charge in [-0.05, 0) is 5.56 Å². The summed E-state index contributed by atoms with van der Waals surface area (Å²) < 4.78 is 0. The molecule has 27 heavy (non-hydrogen) atoms. The highest BCUT2D eigenvalue weighted by Gasteiger charge is 2.01. The van der Waals surface area contributed by atoms with E-state index < -0.39 is 0 Å². The summed E-state index contributed by atoms with van der Waals surface area (Å²) in [6.45, 7) is 0.705. The van der Waals surface area contributed by atoms with Gasteiger partial charge in [0.1, 0.15) is 11.0 Å². The first-order valence-corrected chi connectivity index (χ1v) is 8.13. The molecule has 10 nitrogen and oxygen atoms in total. The number of aromatic amines is 2. The standard InChI is InChI=1S/C12H11N5.C5H5N5/c1-2-4-9(5-3-1)6-13-12-14-7-10-11(17-12)16-8-15-10;6-5-7-1-3-4(10-5)9-2-8-3/h1-5,7-8H,6H2,(H2,13,14,15,16,17);1-2H,(H3,6,7,8,9,10). The largest absolute Gasteiger partial charge is 0.368 e. The van der Waals surface area contributed by atoms with Crippen LogP contribution in [0.5, 0.6) is 0 Å². The van der Waals surface area contributed by atoms with E-state index in [1.807, 2.05) is 18.2 Å². The van der Waals surface area contributed by atoms with Crippen molar-refractivity contribution in [3.8, 4) is 0 Å². The minimum absolute atomic E-state index is 0.250. The number of rotatable bonds is 3. The highest BCUT2D eigenvalue weighted by atomic mass is 15.1. The molecule has 0 aliphatic heterocycles. The predicted molar refractivity (Wildman–Crippen MR) is 102 cm³/mol. The van der Waals surface area contributed by atoms with E-state index in [4.69, 9.17) is 5.73 Å². The van der Waals surface area contributed by atoms with Gasteiger partial charge >= 0.3 is 0 Å². The Bertz CT molecular complexity index is 1150. The first-order chi connectivity index (χ1) is 13.3. The molecule has 4 aromatic heterocycles. The van der Waals surface area contributed by atoms with Gasteiger partial charge in [0.15, 0.2) is 11.3 Å². The summed E-state index contributed by atoms with van der Waals surface area (Å²) in [7, 11) is 0. The van der Waals surface area contributed by atoms with Crippen molar-refractivity contribution in [2.75, 3.05) is 11.1 Å².